The van der Waals surface area contributed by atoms with Crippen molar-refractivity contribution in [2.24, 2.45) is 0 Å². The highest BCUT2D eigenvalue weighted by Crippen LogP contribution is 2.19. The number of rotatable bonds is 5. The Morgan fingerprint density at radius 3 is 2.62 bits per heavy atom. The van der Waals surface area contributed by atoms with Crippen LogP contribution in [0.5, 0.6) is 0 Å². The minimum atomic E-state index is 0.0803. The molecule has 0 aliphatic carbocycles. The summed E-state index contributed by atoms with van der Waals surface area (Å²) < 4.78 is 2.05. The molecule has 1 aromatic carbocycles. The van der Waals surface area contributed by atoms with E-state index >= 15 is 0 Å². The van der Waals surface area contributed by atoms with E-state index in [1.807, 2.05) is 61.1 Å². The van der Waals surface area contributed by atoms with E-state index in [4.69, 9.17) is 0 Å². The van der Waals surface area contributed by atoms with Gasteiger partial charge in [0.2, 0.25) is 5.91 Å². The summed E-state index contributed by atoms with van der Waals surface area (Å²) in [5, 5.41) is 3.16. The van der Waals surface area contributed by atoms with E-state index in [-0.39, 0.29) is 11.9 Å². The second-order valence-corrected chi connectivity index (χ2v) is 6.64. The predicted molar refractivity (Wildman–Crippen MR) is 102 cm³/mol. The van der Waals surface area contributed by atoms with Crippen molar-refractivity contribution in [3.8, 4) is 5.69 Å². The van der Waals surface area contributed by atoms with Crippen LogP contribution in [0.2, 0.25) is 0 Å². The Balaban J connectivity index is 1.30. The average Bonchev–Trinajstić information content (AvgIpc) is 3.35. The van der Waals surface area contributed by atoms with Gasteiger partial charge in [-0.15, -0.1) is 0 Å². The van der Waals surface area contributed by atoms with Crippen LogP contribution in [0.15, 0.2) is 73.3 Å². The van der Waals surface area contributed by atoms with Crippen molar-refractivity contribution in [1.82, 2.24) is 14.9 Å². The van der Waals surface area contributed by atoms with Crippen LogP contribution < -0.4 is 10.2 Å². The fraction of sp³-hybridized carbons (Fsp3) is 0.238. The Morgan fingerprint density at radius 1 is 1.08 bits per heavy atom. The number of nitrogens with one attached hydrogen (secondary N) is 1. The second kappa shape index (κ2) is 7.44. The Bertz CT molecular complexity index is 843. The Kier molecular flexibility index (Phi) is 4.69. The van der Waals surface area contributed by atoms with E-state index in [9.17, 15) is 4.79 Å². The number of aromatic nitrogens is 2. The lowest BCUT2D eigenvalue weighted by Gasteiger charge is -2.18. The largest absolute Gasteiger partial charge is 0.368 e. The number of pyridine rings is 1. The lowest BCUT2D eigenvalue weighted by atomic mass is 10.1. The van der Waals surface area contributed by atoms with Crippen molar-refractivity contribution in [2.75, 3.05) is 18.0 Å². The number of amides is 1. The molecule has 1 N–H and O–H groups in total. The first-order chi connectivity index (χ1) is 12.8. The molecule has 1 saturated heterocycles. The van der Waals surface area contributed by atoms with Gasteiger partial charge < -0.3 is 14.8 Å². The van der Waals surface area contributed by atoms with Gasteiger partial charge in [-0.25, -0.2) is 0 Å². The molecule has 1 aliphatic rings. The molecular weight excluding hydrogens is 324 g/mol. The van der Waals surface area contributed by atoms with Crippen LogP contribution in [0.1, 0.15) is 12.0 Å². The molecule has 3 aromatic rings. The number of hydrogen-bond donors (Lipinski definition) is 1. The maximum atomic E-state index is 12.4. The number of nitrogens with zero attached hydrogens (tertiary/aromatic N) is 3. The molecule has 132 valence electrons. The van der Waals surface area contributed by atoms with E-state index < -0.39 is 0 Å². The summed E-state index contributed by atoms with van der Waals surface area (Å²) in [7, 11) is 0. The van der Waals surface area contributed by atoms with Crippen molar-refractivity contribution in [3.63, 3.8) is 0 Å². The molecule has 5 nitrogen and oxygen atoms in total. The molecule has 26 heavy (non-hydrogen) atoms. The topological polar surface area (TPSA) is 50.2 Å². The summed E-state index contributed by atoms with van der Waals surface area (Å²) in [5.74, 6) is 0.0803. The molecule has 0 unspecified atom stereocenters. The van der Waals surface area contributed by atoms with Crippen LogP contribution in [0.3, 0.4) is 0 Å². The van der Waals surface area contributed by atoms with Gasteiger partial charge in [-0.05, 0) is 48.4 Å². The Morgan fingerprint density at radius 2 is 1.88 bits per heavy atom. The normalized spacial score (nSPS) is 16.6. The first kappa shape index (κ1) is 16.4. The average molecular weight is 346 g/mol. The number of anilines is 1. The third kappa shape index (κ3) is 3.77. The zero-order chi connectivity index (χ0) is 17.8. The number of carbonyl (C=O) groups excluding carboxylic acids is 1. The van der Waals surface area contributed by atoms with Crippen molar-refractivity contribution in [1.29, 1.82) is 0 Å². The van der Waals surface area contributed by atoms with E-state index in [1.54, 1.807) is 6.20 Å². The van der Waals surface area contributed by atoms with Crippen LogP contribution in [0, 0.1) is 0 Å². The van der Waals surface area contributed by atoms with Gasteiger partial charge in [-0.1, -0.05) is 12.1 Å². The Hall–Kier alpha value is -3.08. The highest BCUT2D eigenvalue weighted by atomic mass is 16.1. The van der Waals surface area contributed by atoms with Crippen molar-refractivity contribution in [2.45, 2.75) is 18.9 Å². The summed E-state index contributed by atoms with van der Waals surface area (Å²) in [6, 6.07) is 16.3. The fourth-order valence-electron chi connectivity index (χ4n) is 3.41. The zero-order valence-electron chi connectivity index (χ0n) is 14.6. The maximum absolute atomic E-state index is 12.4. The van der Waals surface area contributed by atoms with Crippen molar-refractivity contribution >= 4 is 11.6 Å². The van der Waals surface area contributed by atoms with Gasteiger partial charge in [0.1, 0.15) is 0 Å². The van der Waals surface area contributed by atoms with Gasteiger partial charge in [0, 0.05) is 43.4 Å². The van der Waals surface area contributed by atoms with Crippen molar-refractivity contribution in [3.05, 3.63) is 78.9 Å². The predicted octanol–water partition coefficient (Wildman–Crippen LogP) is 2.81. The van der Waals surface area contributed by atoms with Crippen LogP contribution in [0.25, 0.3) is 5.69 Å². The molecular formula is C21H22N4O. The monoisotopic (exact) mass is 346 g/mol. The van der Waals surface area contributed by atoms with Gasteiger partial charge >= 0.3 is 0 Å². The van der Waals surface area contributed by atoms with Crippen LogP contribution in [-0.2, 0) is 11.2 Å². The summed E-state index contributed by atoms with van der Waals surface area (Å²) in [4.78, 5) is 18.8. The fourth-order valence-corrected chi connectivity index (χ4v) is 3.41. The third-order valence-electron chi connectivity index (χ3n) is 4.77. The quantitative estimate of drug-likeness (QED) is 0.773. The summed E-state index contributed by atoms with van der Waals surface area (Å²) >= 11 is 0. The first-order valence-electron chi connectivity index (χ1n) is 8.94. The van der Waals surface area contributed by atoms with E-state index in [2.05, 4.69) is 25.8 Å². The second-order valence-electron chi connectivity index (χ2n) is 6.64. The summed E-state index contributed by atoms with van der Waals surface area (Å²) in [5.41, 5.74) is 3.24. The maximum Gasteiger partial charge on any atom is 0.224 e. The molecule has 5 heteroatoms. The first-order valence-corrected chi connectivity index (χ1v) is 8.94. The SMILES string of the molecule is O=C(Cc1ccc(-n2cccc2)cc1)N[C@H]1CCN(c2cccnc2)C1. The van der Waals surface area contributed by atoms with Crippen molar-refractivity contribution < 1.29 is 4.79 Å². The van der Waals surface area contributed by atoms with Gasteiger partial charge in [0.05, 0.1) is 18.3 Å². The van der Waals surface area contributed by atoms with Gasteiger partial charge in [-0.3, -0.25) is 9.78 Å². The molecule has 2 aromatic heterocycles. The van der Waals surface area contributed by atoms with E-state index in [1.165, 1.54) is 0 Å². The molecule has 3 heterocycles. The van der Waals surface area contributed by atoms with Crippen LogP contribution in [0.4, 0.5) is 5.69 Å². The molecule has 1 atom stereocenters. The van der Waals surface area contributed by atoms with Gasteiger partial charge in [0.15, 0.2) is 0 Å². The Labute approximate surface area is 153 Å². The standard InChI is InChI=1S/C21H22N4O/c26-21(14-17-5-7-19(8-6-17)24-11-1-2-12-24)23-18-9-13-25(16-18)20-4-3-10-22-15-20/h1-8,10-12,15,18H,9,13-14,16H2,(H,23,26)/t18-/m0/s1. The minimum Gasteiger partial charge on any atom is -0.368 e. The number of carbonyl (C=O) groups is 1. The molecule has 1 amide bonds. The van der Waals surface area contributed by atoms with Gasteiger partial charge in [-0.2, -0.15) is 0 Å². The molecule has 0 radical (unpaired) electrons. The van der Waals surface area contributed by atoms with Gasteiger partial charge in [0.25, 0.3) is 0 Å². The van der Waals surface area contributed by atoms with Crippen LogP contribution in [-0.4, -0.2) is 34.6 Å². The minimum absolute atomic E-state index is 0.0803. The lowest BCUT2D eigenvalue weighted by Crippen LogP contribution is -2.37. The van der Waals surface area contributed by atoms with E-state index in [0.29, 0.717) is 6.42 Å². The third-order valence-corrected chi connectivity index (χ3v) is 4.77. The zero-order valence-corrected chi connectivity index (χ0v) is 14.6. The highest BCUT2D eigenvalue weighted by molar-refractivity contribution is 5.79. The summed E-state index contributed by atoms with van der Waals surface area (Å²) in [6.45, 7) is 1.78. The highest BCUT2D eigenvalue weighted by Gasteiger charge is 2.24. The number of benzene rings is 1. The number of hydrogen-bond acceptors (Lipinski definition) is 3. The molecule has 0 saturated carbocycles. The molecule has 0 spiro atoms. The van der Waals surface area contributed by atoms with E-state index in [0.717, 1.165) is 36.4 Å². The molecule has 1 fully saturated rings. The van der Waals surface area contributed by atoms with Crippen LogP contribution >= 0.6 is 0 Å². The molecule has 4 rings (SSSR count). The summed E-state index contributed by atoms with van der Waals surface area (Å²) in [6.07, 6.45) is 9.05. The lowest BCUT2D eigenvalue weighted by molar-refractivity contribution is -0.121. The smallest absolute Gasteiger partial charge is 0.224 e. The molecule has 0 bridgehead atoms. The molecule has 1 aliphatic heterocycles.